The topological polar surface area (TPSA) is 48.5 Å². The monoisotopic (exact) mass is 987 g/mol. The molecular formula is C70H49N5Si. The molecule has 0 radical (unpaired) electrons. The van der Waals surface area contributed by atoms with E-state index in [0.29, 0.717) is 17.7 Å². The zero-order valence-electron chi connectivity index (χ0n) is 41.5. The summed E-state index contributed by atoms with van der Waals surface area (Å²) in [5, 5.41) is 9.67. The Morgan fingerprint density at radius 1 is 0.276 bits per heavy atom. The van der Waals surface area contributed by atoms with Gasteiger partial charge in [-0.15, -0.1) is 0 Å². The summed E-state index contributed by atoms with van der Waals surface area (Å²) in [6.07, 6.45) is 0. The lowest BCUT2D eigenvalue weighted by atomic mass is 9.64. The van der Waals surface area contributed by atoms with Crippen LogP contribution in [0.1, 0.15) is 22.3 Å². The first-order valence-corrected chi connectivity index (χ1v) is 27.9. The molecule has 3 aromatic heterocycles. The molecule has 11 aromatic carbocycles. The first-order valence-electron chi connectivity index (χ1n) is 25.9. The molecular weight excluding hydrogens is 939 g/mol. The van der Waals surface area contributed by atoms with Gasteiger partial charge in [0.25, 0.3) is 0 Å². The lowest BCUT2D eigenvalue weighted by Gasteiger charge is -2.38. The molecule has 76 heavy (non-hydrogen) atoms. The van der Waals surface area contributed by atoms with Gasteiger partial charge in [0.05, 0.1) is 27.5 Å². The molecule has 0 aliphatic carbocycles. The zero-order valence-corrected chi connectivity index (χ0v) is 42.5. The van der Waals surface area contributed by atoms with Crippen molar-refractivity contribution >= 4 is 72.4 Å². The second kappa shape index (κ2) is 18.6. The molecule has 3 heterocycles. The lowest BCUT2D eigenvalue weighted by Crippen LogP contribution is -2.74. The van der Waals surface area contributed by atoms with Gasteiger partial charge in [0.15, 0.2) is 13.9 Å². The molecule has 0 fully saturated rings. The maximum Gasteiger partial charge on any atom is 0.240 e. The number of fused-ring (bicyclic) bond motifs is 6. The Morgan fingerprint density at radius 3 is 1.05 bits per heavy atom. The molecule has 0 atom stereocenters. The number of para-hydroxylation sites is 3. The van der Waals surface area contributed by atoms with Crippen molar-refractivity contribution in [1.82, 2.24) is 24.1 Å². The van der Waals surface area contributed by atoms with E-state index >= 15 is 0 Å². The average molecular weight is 988 g/mol. The highest BCUT2D eigenvalue weighted by Gasteiger charge is 2.43. The van der Waals surface area contributed by atoms with Crippen LogP contribution in [0.3, 0.4) is 0 Å². The van der Waals surface area contributed by atoms with Crippen molar-refractivity contribution in [3.8, 4) is 23.3 Å². The molecule has 0 N–H and O–H groups in total. The van der Waals surface area contributed by atoms with Crippen LogP contribution in [0, 0.1) is 0 Å². The smallest absolute Gasteiger partial charge is 0.240 e. The Bertz CT molecular complexity index is 4140. The lowest BCUT2D eigenvalue weighted by molar-refractivity contribution is 0.745. The van der Waals surface area contributed by atoms with Gasteiger partial charge in [0, 0.05) is 27.1 Å². The van der Waals surface area contributed by atoms with Gasteiger partial charge in [0.2, 0.25) is 11.9 Å². The highest BCUT2D eigenvalue weighted by Crippen LogP contribution is 2.48. The van der Waals surface area contributed by atoms with Crippen LogP contribution < -0.4 is 20.7 Å². The Morgan fingerprint density at radius 2 is 0.618 bits per heavy atom. The Kier molecular flexibility index (Phi) is 11.0. The van der Waals surface area contributed by atoms with E-state index in [1.54, 1.807) is 0 Å². The van der Waals surface area contributed by atoms with Crippen LogP contribution in [-0.2, 0) is 5.41 Å². The minimum absolute atomic E-state index is 0.524. The van der Waals surface area contributed by atoms with Crippen LogP contribution in [0.15, 0.2) is 297 Å². The minimum atomic E-state index is -2.96. The fraction of sp³-hybridized carbons (Fsp3) is 0.0143. The van der Waals surface area contributed by atoms with Crippen LogP contribution in [0.5, 0.6) is 0 Å². The third kappa shape index (κ3) is 7.03. The Balaban J connectivity index is 1.11. The first-order chi connectivity index (χ1) is 37.7. The normalized spacial score (nSPS) is 11.9. The predicted molar refractivity (Wildman–Crippen MR) is 316 cm³/mol. The quantitative estimate of drug-likeness (QED) is 0.0958. The number of aromatic nitrogens is 5. The maximum absolute atomic E-state index is 5.78. The van der Waals surface area contributed by atoms with Gasteiger partial charge in [0.1, 0.15) is 0 Å². The summed E-state index contributed by atoms with van der Waals surface area (Å²) in [7, 11) is -2.96. The molecule has 0 aliphatic rings. The third-order valence-electron chi connectivity index (χ3n) is 15.5. The molecule has 14 rings (SSSR count). The van der Waals surface area contributed by atoms with Crippen molar-refractivity contribution in [2.24, 2.45) is 0 Å². The summed E-state index contributed by atoms with van der Waals surface area (Å²) in [6, 6.07) is 108. The van der Waals surface area contributed by atoms with Gasteiger partial charge >= 0.3 is 0 Å². The summed E-state index contributed by atoms with van der Waals surface area (Å²) in [4.78, 5) is 17.2. The minimum Gasteiger partial charge on any atom is -0.278 e. The van der Waals surface area contributed by atoms with E-state index in [-0.39, 0.29) is 0 Å². The van der Waals surface area contributed by atoms with E-state index in [4.69, 9.17) is 15.0 Å². The van der Waals surface area contributed by atoms with Crippen molar-refractivity contribution in [2.45, 2.75) is 5.41 Å². The van der Waals surface area contributed by atoms with Gasteiger partial charge in [-0.05, 0) is 67.3 Å². The number of hydrogen-bond donors (Lipinski definition) is 0. The summed E-state index contributed by atoms with van der Waals surface area (Å²) in [5.41, 5.74) is 8.63. The highest BCUT2D eigenvalue weighted by atomic mass is 28.3. The van der Waals surface area contributed by atoms with E-state index < -0.39 is 13.5 Å². The molecule has 0 bridgehead atoms. The second-order valence-electron chi connectivity index (χ2n) is 19.5. The molecule has 5 nitrogen and oxygen atoms in total. The van der Waals surface area contributed by atoms with Gasteiger partial charge in [-0.25, -0.2) is 0 Å². The largest absolute Gasteiger partial charge is 0.278 e. The summed E-state index contributed by atoms with van der Waals surface area (Å²) < 4.78 is 4.51. The summed E-state index contributed by atoms with van der Waals surface area (Å²) >= 11 is 0. The molecule has 0 unspecified atom stereocenters. The maximum atomic E-state index is 5.78. The highest BCUT2D eigenvalue weighted by molar-refractivity contribution is 7.20. The third-order valence-corrected chi connectivity index (χ3v) is 20.3. The standard InChI is InChI=1S/C70H49N5Si/c1-7-27-50(28-8-1)70(51-29-9-2-10-30-51,52-31-11-3-12-32-52)62-43-23-19-42-61(62)67-71-68(74-63-44-24-20-39-57(63)58-40-21-25-45-64(58)74)73-69(72-67)75-65-46-26-22-41-59(65)60-48-47-56(49-66(60)75)76(53-33-13-4-14-34-53,54-35-15-5-16-36-54)55-37-17-6-18-38-55/h1-49H. The predicted octanol–water partition coefficient (Wildman–Crippen LogP) is 13.5. The van der Waals surface area contributed by atoms with E-state index in [0.717, 1.165) is 71.4 Å². The Hall–Kier alpha value is -9.75. The molecule has 0 aliphatic heterocycles. The molecule has 6 heteroatoms. The second-order valence-corrected chi connectivity index (χ2v) is 23.3. The van der Waals surface area contributed by atoms with E-state index in [2.05, 4.69) is 306 Å². The van der Waals surface area contributed by atoms with Gasteiger partial charge in [-0.1, -0.05) is 273 Å². The molecule has 0 saturated carbocycles. The van der Waals surface area contributed by atoms with Crippen molar-refractivity contribution in [1.29, 1.82) is 0 Å². The molecule has 0 spiro atoms. The fourth-order valence-electron chi connectivity index (χ4n) is 12.3. The van der Waals surface area contributed by atoms with Gasteiger partial charge in [-0.2, -0.15) is 15.0 Å². The number of hydrogen-bond acceptors (Lipinski definition) is 3. The van der Waals surface area contributed by atoms with Crippen molar-refractivity contribution < 1.29 is 0 Å². The van der Waals surface area contributed by atoms with Crippen LogP contribution in [0.25, 0.3) is 66.9 Å². The van der Waals surface area contributed by atoms with Crippen molar-refractivity contribution in [3.63, 3.8) is 0 Å². The van der Waals surface area contributed by atoms with Crippen LogP contribution in [0.2, 0.25) is 0 Å². The molecule has 0 saturated heterocycles. The molecule has 358 valence electrons. The number of nitrogens with zero attached hydrogens (tertiary/aromatic N) is 5. The number of benzene rings is 11. The Labute approximate surface area is 442 Å². The SMILES string of the molecule is c1ccc(C(c2ccccc2)(c2ccccc2)c2ccccc2-c2nc(-n3c4ccccc4c4ccccc43)nc(-n3c4ccccc4c4ccc([Si](c5ccccc5)(c5ccccc5)c5ccccc5)cc43)n2)cc1. The van der Waals surface area contributed by atoms with Crippen LogP contribution >= 0.6 is 0 Å². The van der Waals surface area contributed by atoms with Crippen LogP contribution in [0.4, 0.5) is 0 Å². The van der Waals surface area contributed by atoms with E-state index in [1.807, 2.05) is 0 Å². The van der Waals surface area contributed by atoms with Crippen molar-refractivity contribution in [2.75, 3.05) is 0 Å². The first kappa shape index (κ1) is 44.9. The zero-order chi connectivity index (χ0) is 50.5. The number of rotatable bonds is 11. The van der Waals surface area contributed by atoms with E-state index in [9.17, 15) is 0 Å². The van der Waals surface area contributed by atoms with Gasteiger partial charge in [-0.3, -0.25) is 9.13 Å². The van der Waals surface area contributed by atoms with E-state index in [1.165, 1.54) is 20.7 Å². The fourth-order valence-corrected chi connectivity index (χ4v) is 17.1. The van der Waals surface area contributed by atoms with Crippen LogP contribution in [-0.4, -0.2) is 32.2 Å². The summed E-state index contributed by atoms with van der Waals surface area (Å²) in [5.74, 6) is 1.62. The molecule has 0 amide bonds. The average Bonchev–Trinajstić information content (AvgIpc) is 4.02. The van der Waals surface area contributed by atoms with Crippen molar-refractivity contribution in [3.05, 3.63) is 320 Å². The molecule has 14 aromatic rings. The van der Waals surface area contributed by atoms with Gasteiger partial charge < -0.3 is 0 Å². The summed E-state index contributed by atoms with van der Waals surface area (Å²) in [6.45, 7) is 0.